The zero-order valence-electron chi connectivity index (χ0n) is 13.6. The smallest absolute Gasteiger partial charge is 0.259 e. The summed E-state index contributed by atoms with van der Waals surface area (Å²) < 4.78 is 1.73. The van der Waals surface area contributed by atoms with Crippen LogP contribution in [0, 0.1) is 15.3 Å². The highest BCUT2D eigenvalue weighted by Crippen LogP contribution is 2.30. The zero-order valence-corrected chi connectivity index (χ0v) is 16.1. The minimum Gasteiger partial charge on any atom is -0.337 e. The molecule has 2 heterocycles. The summed E-state index contributed by atoms with van der Waals surface area (Å²) in [4.78, 5) is 18.2. The van der Waals surface area contributed by atoms with E-state index in [1.807, 2.05) is 43.5 Å². The Morgan fingerprint density at radius 2 is 2.28 bits per heavy atom. The van der Waals surface area contributed by atoms with Crippen molar-refractivity contribution in [2.45, 2.75) is 19.9 Å². The number of allylic oxidation sites excluding steroid dienone is 3. The lowest BCUT2D eigenvalue weighted by molar-refractivity contribution is -0.114. The molecule has 0 radical (unpaired) electrons. The first kappa shape index (κ1) is 17.6. The monoisotopic (exact) mass is 385 g/mol. The van der Waals surface area contributed by atoms with Crippen LogP contribution in [0.5, 0.6) is 0 Å². The highest BCUT2D eigenvalue weighted by atomic mass is 32.2. The van der Waals surface area contributed by atoms with Crippen molar-refractivity contribution in [2.24, 2.45) is 0 Å². The number of aromatic amines is 1. The number of rotatable bonds is 3. The van der Waals surface area contributed by atoms with Gasteiger partial charge in [-0.05, 0) is 55.7 Å². The Labute approximate surface area is 157 Å². The minimum atomic E-state index is -0.541. The third-order valence-corrected chi connectivity index (χ3v) is 6.25. The number of H-pyrrole nitrogens is 1. The molecule has 0 saturated carbocycles. The number of nitriles is 1. The lowest BCUT2D eigenvalue weighted by Gasteiger charge is -2.25. The Balaban J connectivity index is 1.97. The van der Waals surface area contributed by atoms with Crippen molar-refractivity contribution in [3.63, 3.8) is 0 Å². The maximum atomic E-state index is 12.7. The fourth-order valence-electron chi connectivity index (χ4n) is 2.49. The summed E-state index contributed by atoms with van der Waals surface area (Å²) in [5, 5.41) is 14.0. The van der Waals surface area contributed by atoms with E-state index >= 15 is 0 Å². The standard InChI is InChI=1S/C18H15N3OS3/c1-12(2)21(13-5-6-15-16(10-13)24-18(23)20-15)17(22)7-9-25-8-3-4-14(25)11-19/h3-8,10,12H,1-2H3,(H,20,23). The summed E-state index contributed by atoms with van der Waals surface area (Å²) in [6.07, 6.45) is 5.01. The molecule has 1 aromatic carbocycles. The summed E-state index contributed by atoms with van der Waals surface area (Å²) in [6.45, 7) is 3.93. The van der Waals surface area contributed by atoms with Crippen LogP contribution in [0.15, 0.2) is 46.7 Å². The number of hydrogen-bond acceptors (Lipinski definition) is 4. The predicted molar refractivity (Wildman–Crippen MR) is 110 cm³/mol. The Hall–Kier alpha value is -2.23. The lowest BCUT2D eigenvalue weighted by atomic mass is 10.2. The second kappa shape index (κ2) is 7.34. The highest BCUT2D eigenvalue weighted by molar-refractivity contribution is 8.20. The Bertz CT molecular complexity index is 1070. The van der Waals surface area contributed by atoms with E-state index < -0.39 is 10.5 Å². The zero-order chi connectivity index (χ0) is 18.0. The van der Waals surface area contributed by atoms with E-state index in [-0.39, 0.29) is 11.9 Å². The molecule has 0 spiro atoms. The number of carbonyl (C=O) groups excluding carboxylic acids is 1. The maximum absolute atomic E-state index is 12.7. The SMILES string of the molecule is CC(C)N(C(=O)C=C=S1C=CC=C1C#N)c1ccc2[nH]c(=S)sc2c1. The number of aromatic nitrogens is 1. The number of nitrogens with one attached hydrogen (secondary N) is 1. The van der Waals surface area contributed by atoms with Gasteiger partial charge in [-0.1, -0.05) is 21.6 Å². The summed E-state index contributed by atoms with van der Waals surface area (Å²) in [5.74, 6) is -0.154. The normalized spacial score (nSPS) is 15.8. The van der Waals surface area contributed by atoms with E-state index in [9.17, 15) is 4.79 Å². The molecule has 1 aliphatic heterocycles. The number of amides is 1. The fraction of sp³-hybridized carbons (Fsp3) is 0.167. The van der Waals surface area contributed by atoms with Crippen molar-refractivity contribution in [1.82, 2.24) is 4.98 Å². The molecular weight excluding hydrogens is 370 g/mol. The first-order valence-electron chi connectivity index (χ1n) is 7.56. The van der Waals surface area contributed by atoms with Gasteiger partial charge >= 0.3 is 0 Å². The van der Waals surface area contributed by atoms with Crippen molar-refractivity contribution in [2.75, 3.05) is 4.90 Å². The van der Waals surface area contributed by atoms with Crippen LogP contribution in [0.1, 0.15) is 13.8 Å². The largest absolute Gasteiger partial charge is 0.337 e. The molecule has 126 valence electrons. The van der Waals surface area contributed by atoms with E-state index in [2.05, 4.69) is 16.1 Å². The average Bonchev–Trinajstić information content (AvgIpc) is 3.17. The first-order valence-corrected chi connectivity index (χ1v) is 10.1. The number of benzene rings is 1. The third-order valence-electron chi connectivity index (χ3n) is 3.56. The fourth-order valence-corrected chi connectivity index (χ4v) is 4.78. The van der Waals surface area contributed by atoms with Gasteiger partial charge in [0.25, 0.3) is 5.91 Å². The van der Waals surface area contributed by atoms with Gasteiger partial charge in [-0.15, -0.1) is 11.3 Å². The molecule has 0 aliphatic carbocycles. The molecule has 1 unspecified atom stereocenters. The molecular formula is C18H15N3OS3. The molecule has 25 heavy (non-hydrogen) atoms. The highest BCUT2D eigenvalue weighted by Gasteiger charge is 2.18. The van der Waals surface area contributed by atoms with E-state index in [4.69, 9.17) is 17.5 Å². The Kier molecular flexibility index (Phi) is 5.16. The van der Waals surface area contributed by atoms with Crippen LogP contribution < -0.4 is 4.90 Å². The number of nitrogens with zero attached hydrogens (tertiary/aromatic N) is 2. The first-order chi connectivity index (χ1) is 12.0. The topological polar surface area (TPSA) is 59.9 Å². The predicted octanol–water partition coefficient (Wildman–Crippen LogP) is 4.86. The van der Waals surface area contributed by atoms with Crippen molar-refractivity contribution >= 4 is 60.9 Å². The number of anilines is 1. The van der Waals surface area contributed by atoms with Crippen LogP contribution in [-0.4, -0.2) is 22.0 Å². The van der Waals surface area contributed by atoms with Crippen LogP contribution >= 0.6 is 34.0 Å². The molecule has 3 rings (SSSR count). The number of carbonyl (C=O) groups is 1. The maximum Gasteiger partial charge on any atom is 0.259 e. The van der Waals surface area contributed by atoms with Crippen molar-refractivity contribution in [3.8, 4) is 6.07 Å². The van der Waals surface area contributed by atoms with Gasteiger partial charge in [0.1, 0.15) is 6.07 Å². The molecule has 0 bridgehead atoms. The quantitative estimate of drug-likeness (QED) is 0.606. The van der Waals surface area contributed by atoms with Gasteiger partial charge in [0, 0.05) is 11.7 Å². The molecule has 1 amide bonds. The molecule has 1 atom stereocenters. The molecule has 1 aliphatic rings. The number of fused-ring (bicyclic) bond motifs is 1. The van der Waals surface area contributed by atoms with Gasteiger partial charge in [0.15, 0.2) is 3.95 Å². The molecule has 4 nitrogen and oxygen atoms in total. The van der Waals surface area contributed by atoms with E-state index in [0.29, 0.717) is 8.86 Å². The van der Waals surface area contributed by atoms with Gasteiger partial charge in [0.2, 0.25) is 0 Å². The molecule has 1 N–H and O–H groups in total. The summed E-state index contributed by atoms with van der Waals surface area (Å²) in [5.41, 5.74) is 1.79. The lowest BCUT2D eigenvalue weighted by Crippen LogP contribution is -2.35. The second-order valence-electron chi connectivity index (χ2n) is 5.57. The molecule has 1 aromatic heterocycles. The minimum absolute atomic E-state index is 0.0108. The van der Waals surface area contributed by atoms with Gasteiger partial charge in [-0.25, -0.2) is 0 Å². The molecule has 0 fully saturated rings. The van der Waals surface area contributed by atoms with Crippen LogP contribution in [0.4, 0.5) is 5.69 Å². The van der Waals surface area contributed by atoms with Gasteiger partial charge < -0.3 is 9.88 Å². The second-order valence-corrected chi connectivity index (χ2v) is 8.91. The average molecular weight is 386 g/mol. The summed E-state index contributed by atoms with van der Waals surface area (Å²) in [7, 11) is -0.541. The van der Waals surface area contributed by atoms with Gasteiger partial charge in [-0.3, -0.25) is 4.79 Å². The molecule has 7 heteroatoms. The third kappa shape index (κ3) is 3.73. The summed E-state index contributed by atoms with van der Waals surface area (Å²) >= 11 is 6.67. The van der Waals surface area contributed by atoms with E-state index in [1.54, 1.807) is 11.0 Å². The van der Waals surface area contributed by atoms with Gasteiger partial charge in [-0.2, -0.15) is 5.26 Å². The van der Waals surface area contributed by atoms with Crippen LogP contribution in [-0.2, 0) is 4.79 Å². The van der Waals surface area contributed by atoms with Crippen molar-refractivity contribution < 1.29 is 4.79 Å². The van der Waals surface area contributed by atoms with Crippen molar-refractivity contribution in [3.05, 3.63) is 50.7 Å². The number of hydrogen-bond donors (Lipinski definition) is 1. The molecule has 2 aromatic rings. The van der Waals surface area contributed by atoms with Crippen LogP contribution in [0.3, 0.4) is 0 Å². The van der Waals surface area contributed by atoms with E-state index in [0.717, 1.165) is 15.9 Å². The number of thiazole rings is 1. The Morgan fingerprint density at radius 1 is 1.48 bits per heavy atom. The summed E-state index contributed by atoms with van der Waals surface area (Å²) in [6, 6.07) is 7.94. The van der Waals surface area contributed by atoms with Crippen LogP contribution in [0.25, 0.3) is 10.2 Å². The molecule has 0 saturated heterocycles. The van der Waals surface area contributed by atoms with Gasteiger partial charge in [0.05, 0.1) is 21.2 Å². The van der Waals surface area contributed by atoms with Crippen molar-refractivity contribution in [1.29, 1.82) is 5.26 Å². The van der Waals surface area contributed by atoms with Crippen LogP contribution in [0.2, 0.25) is 0 Å². The van der Waals surface area contributed by atoms with E-state index in [1.165, 1.54) is 17.4 Å². The Morgan fingerprint density at radius 3 is 3.00 bits per heavy atom.